The van der Waals surface area contributed by atoms with Gasteiger partial charge in [-0.3, -0.25) is 0 Å². The molecule has 0 amide bonds. The summed E-state index contributed by atoms with van der Waals surface area (Å²) in [5.74, 6) is 0. The van der Waals surface area contributed by atoms with E-state index in [0.717, 1.165) is 0 Å². The molecule has 0 spiro atoms. The van der Waals surface area contributed by atoms with Gasteiger partial charge in [-0.15, -0.1) is 0 Å². The van der Waals surface area contributed by atoms with Crippen LogP contribution < -0.4 is 10.2 Å². The van der Waals surface area contributed by atoms with E-state index >= 15 is 0 Å². The van der Waals surface area contributed by atoms with Gasteiger partial charge in [-0.05, 0) is 6.16 Å². The Morgan fingerprint density at radius 3 is 1.17 bits per heavy atom. The van der Waals surface area contributed by atoms with Crippen LogP contribution in [-0.4, -0.2) is 6.16 Å². The van der Waals surface area contributed by atoms with E-state index < -0.39 is 6.16 Å². The fourth-order valence-electron chi connectivity index (χ4n) is 0. The molecule has 5 heteroatoms. The van der Waals surface area contributed by atoms with Gasteiger partial charge in [-0.25, -0.2) is 0 Å². The Kier molecular flexibility index (Phi) is 24.4. The van der Waals surface area contributed by atoms with E-state index in [1.54, 1.807) is 0 Å². The van der Waals surface area contributed by atoms with Crippen molar-refractivity contribution in [1.82, 2.24) is 0 Å². The van der Waals surface area contributed by atoms with Crippen LogP contribution in [0.3, 0.4) is 0 Å². The molecule has 0 saturated carbocycles. The Morgan fingerprint density at radius 1 is 1.17 bits per heavy atom. The predicted molar refractivity (Wildman–Crippen MR) is 5.40 cm³/mol. The Labute approximate surface area is 55.7 Å². The van der Waals surface area contributed by atoms with Gasteiger partial charge in [0.25, 0.3) is 0 Å². The molecule has 0 saturated heterocycles. The molecule has 34 valence electrons. The summed E-state index contributed by atoms with van der Waals surface area (Å²) in [6.45, 7) is 0. The molecular weight excluding hydrogens is 170 g/mol. The van der Waals surface area contributed by atoms with Gasteiger partial charge in [-0.2, -0.15) is 0 Å². The SMILES string of the molecule is O=C([O-])[O-].[Mn+2].[Mn+2]. The van der Waals surface area contributed by atoms with Gasteiger partial charge < -0.3 is 15.0 Å². The number of carboxylic acid groups (broad SMARTS) is 2. The van der Waals surface area contributed by atoms with Crippen LogP contribution in [0.2, 0.25) is 0 Å². The van der Waals surface area contributed by atoms with Crippen molar-refractivity contribution in [2.24, 2.45) is 0 Å². The van der Waals surface area contributed by atoms with Gasteiger partial charge in [0.2, 0.25) is 0 Å². The first kappa shape index (κ1) is 16.2. The molecule has 2 radical (unpaired) electrons. The molecule has 6 heavy (non-hydrogen) atoms. The second-order valence-corrected chi connectivity index (χ2v) is 0.250. The van der Waals surface area contributed by atoms with Crippen LogP contribution in [0.25, 0.3) is 0 Å². The van der Waals surface area contributed by atoms with Crippen molar-refractivity contribution in [3.05, 3.63) is 0 Å². The minimum atomic E-state index is -2.33. The van der Waals surface area contributed by atoms with Crippen molar-refractivity contribution in [1.29, 1.82) is 0 Å². The number of carbonyl (C=O) groups excluding carboxylic acids is 1. The number of carbonyl (C=O) groups is 1. The molecule has 0 N–H and O–H groups in total. The van der Waals surface area contributed by atoms with Crippen LogP contribution >= 0.6 is 0 Å². The largest absolute Gasteiger partial charge is 2.00 e. The van der Waals surface area contributed by atoms with E-state index in [-0.39, 0.29) is 34.1 Å². The van der Waals surface area contributed by atoms with Gasteiger partial charge in [0, 0.05) is 0 Å². The summed E-state index contributed by atoms with van der Waals surface area (Å²) < 4.78 is 0. The van der Waals surface area contributed by atoms with Gasteiger partial charge in [0.05, 0.1) is 0 Å². The molecule has 0 bridgehead atoms. The monoisotopic (exact) mass is 170 g/mol. The predicted octanol–water partition coefficient (Wildman–Crippen LogP) is -2.45. The summed E-state index contributed by atoms with van der Waals surface area (Å²) in [6.07, 6.45) is -2.33. The summed E-state index contributed by atoms with van der Waals surface area (Å²) >= 11 is 0. The van der Waals surface area contributed by atoms with Gasteiger partial charge in [0.1, 0.15) is 0 Å². The molecule has 0 fully saturated rings. The Hall–Kier alpha value is 0.309. The van der Waals surface area contributed by atoms with Crippen molar-refractivity contribution >= 4 is 6.16 Å². The molecule has 3 nitrogen and oxygen atoms in total. The van der Waals surface area contributed by atoms with E-state index in [0.29, 0.717) is 0 Å². The van der Waals surface area contributed by atoms with E-state index in [4.69, 9.17) is 15.0 Å². The molecule has 0 aliphatic heterocycles. The fourth-order valence-corrected chi connectivity index (χ4v) is 0. The van der Waals surface area contributed by atoms with E-state index in [1.807, 2.05) is 0 Å². The average molecular weight is 170 g/mol. The third-order valence-corrected chi connectivity index (χ3v) is 0. The first-order chi connectivity index (χ1) is 1.73. The summed E-state index contributed by atoms with van der Waals surface area (Å²) in [5.41, 5.74) is 0. The number of hydrogen-bond donors (Lipinski definition) is 0. The van der Waals surface area contributed by atoms with Crippen molar-refractivity contribution in [2.45, 2.75) is 0 Å². The second kappa shape index (κ2) is 9.00. The molecule has 0 aromatic rings. The third kappa shape index (κ3) is 494. The summed E-state index contributed by atoms with van der Waals surface area (Å²) in [7, 11) is 0. The topological polar surface area (TPSA) is 63.2 Å². The molecule has 0 unspecified atom stereocenters. The number of hydrogen-bond acceptors (Lipinski definition) is 3. The number of rotatable bonds is 0. The molecule has 0 heterocycles. The molecule has 0 aliphatic rings. The van der Waals surface area contributed by atoms with Crippen LogP contribution in [0.15, 0.2) is 0 Å². The molecule has 0 aromatic heterocycles. The smallest absolute Gasteiger partial charge is 0.652 e. The Morgan fingerprint density at radius 2 is 1.17 bits per heavy atom. The Balaban J connectivity index is -0.0000000450. The van der Waals surface area contributed by atoms with Crippen LogP contribution in [0.4, 0.5) is 4.79 Å². The zero-order valence-electron chi connectivity index (χ0n) is 2.48. The van der Waals surface area contributed by atoms with Gasteiger partial charge in [-0.1, -0.05) is 0 Å². The minimum absolute atomic E-state index is 0. The quantitative estimate of drug-likeness (QED) is 0.379. The molecule has 0 rings (SSSR count). The first-order valence-corrected chi connectivity index (χ1v) is 0.612. The summed E-state index contributed by atoms with van der Waals surface area (Å²) in [5, 5.41) is 16.7. The van der Waals surface area contributed by atoms with Gasteiger partial charge in [0.15, 0.2) is 0 Å². The van der Waals surface area contributed by atoms with Crippen LogP contribution in [0.1, 0.15) is 0 Å². The summed E-state index contributed by atoms with van der Waals surface area (Å²) in [4.78, 5) is 8.33. The zero-order valence-corrected chi connectivity index (χ0v) is 4.84. The van der Waals surface area contributed by atoms with Crippen LogP contribution in [0, 0.1) is 0 Å². The van der Waals surface area contributed by atoms with E-state index in [2.05, 4.69) is 0 Å². The molecule has 0 aliphatic carbocycles. The normalized spacial score (nSPS) is 4.00. The van der Waals surface area contributed by atoms with Crippen LogP contribution in [0.5, 0.6) is 0 Å². The maximum atomic E-state index is 8.33. The standard InChI is InChI=1S/CH2O3.2Mn/c2-1(3)4;;/h(H2,2,3,4);;/q;2*+2/p-2. The maximum Gasteiger partial charge on any atom is 2.00 e. The van der Waals surface area contributed by atoms with Crippen molar-refractivity contribution < 1.29 is 49.1 Å². The first-order valence-electron chi connectivity index (χ1n) is 0.612. The molecular formula is CMn2O3+2. The van der Waals surface area contributed by atoms with Crippen molar-refractivity contribution in [2.75, 3.05) is 0 Å². The van der Waals surface area contributed by atoms with Crippen LogP contribution in [-0.2, 0) is 34.1 Å². The van der Waals surface area contributed by atoms with E-state index in [9.17, 15) is 0 Å². The minimum Gasteiger partial charge on any atom is -0.652 e. The fraction of sp³-hybridized carbons (Fsp3) is 0. The maximum absolute atomic E-state index is 8.33. The molecule has 0 atom stereocenters. The van der Waals surface area contributed by atoms with Crippen molar-refractivity contribution in [3.63, 3.8) is 0 Å². The average Bonchev–Trinajstić information content (AvgIpc) is 0.811. The zero-order chi connectivity index (χ0) is 3.58. The van der Waals surface area contributed by atoms with Crippen molar-refractivity contribution in [3.8, 4) is 0 Å². The van der Waals surface area contributed by atoms with E-state index in [1.165, 1.54) is 0 Å². The summed E-state index contributed by atoms with van der Waals surface area (Å²) in [6, 6.07) is 0. The molecule has 0 aromatic carbocycles. The third-order valence-electron chi connectivity index (χ3n) is 0. The Bertz CT molecular complexity index is 31.8. The van der Waals surface area contributed by atoms with Gasteiger partial charge >= 0.3 is 34.1 Å². The second-order valence-electron chi connectivity index (χ2n) is 0.250.